The number of thioether (sulfide) groups is 1. The van der Waals surface area contributed by atoms with Crippen LogP contribution in [-0.4, -0.2) is 50.3 Å². The van der Waals surface area contributed by atoms with E-state index in [-0.39, 0.29) is 17.6 Å². The summed E-state index contributed by atoms with van der Waals surface area (Å²) >= 11 is 3.13. The van der Waals surface area contributed by atoms with E-state index in [1.165, 1.54) is 16.6 Å². The number of nitrogens with zero attached hydrogens (tertiary/aromatic N) is 4. The molecule has 4 rings (SSSR count). The maximum absolute atomic E-state index is 12.5. The quantitative estimate of drug-likeness (QED) is 0.443. The smallest absolute Gasteiger partial charge is 0.253 e. The Morgan fingerprint density at radius 2 is 1.91 bits per heavy atom. The van der Waals surface area contributed by atoms with Gasteiger partial charge in [0.2, 0.25) is 5.91 Å². The molecule has 9 heteroatoms. The summed E-state index contributed by atoms with van der Waals surface area (Å²) < 4.78 is 2.20. The minimum atomic E-state index is -0.108. The van der Waals surface area contributed by atoms with E-state index in [1.807, 2.05) is 19.9 Å². The van der Waals surface area contributed by atoms with Gasteiger partial charge in [-0.3, -0.25) is 9.59 Å². The molecule has 0 spiro atoms. The molecule has 1 aliphatic rings. The largest absolute Gasteiger partial charge is 0.339 e. The van der Waals surface area contributed by atoms with Crippen LogP contribution in [0.5, 0.6) is 0 Å². The molecule has 2 aromatic heterocycles. The van der Waals surface area contributed by atoms with E-state index < -0.39 is 0 Å². The number of hydrogen-bond donors (Lipinski definition) is 1. The lowest BCUT2D eigenvalue weighted by Gasteiger charge is -2.18. The van der Waals surface area contributed by atoms with Crippen molar-refractivity contribution in [3.63, 3.8) is 0 Å². The number of aromatic nitrogens is 3. The Morgan fingerprint density at radius 1 is 1.16 bits per heavy atom. The number of anilines is 1. The standard InChI is InChI=1S/C23H27N5O2S2/c1-3-27(4-2)22(30)16-7-9-17(10-8-16)24-21(29)15-32-23-26-25-20(28(23)18-11-12-18)14-19-6-5-13-31-19/h5-10,13,18H,3-4,11-12,14-15H2,1-2H3,(H,24,29). The molecule has 0 aliphatic heterocycles. The Balaban J connectivity index is 1.34. The molecule has 0 bridgehead atoms. The number of nitrogens with one attached hydrogen (secondary N) is 1. The molecule has 1 aromatic carbocycles. The van der Waals surface area contributed by atoms with Crippen LogP contribution in [0.1, 0.15) is 53.8 Å². The Bertz CT molecular complexity index is 1050. The Kier molecular flexibility index (Phi) is 7.26. The highest BCUT2D eigenvalue weighted by Crippen LogP contribution is 2.39. The first kappa shape index (κ1) is 22.5. The van der Waals surface area contributed by atoms with Crippen molar-refractivity contribution in [1.82, 2.24) is 19.7 Å². The fourth-order valence-electron chi connectivity index (χ4n) is 3.51. The van der Waals surface area contributed by atoms with Crippen molar-refractivity contribution >= 4 is 40.6 Å². The zero-order valence-corrected chi connectivity index (χ0v) is 19.9. The highest BCUT2D eigenvalue weighted by molar-refractivity contribution is 7.99. The van der Waals surface area contributed by atoms with Gasteiger partial charge in [0.15, 0.2) is 5.16 Å². The van der Waals surface area contributed by atoms with E-state index in [9.17, 15) is 9.59 Å². The second-order valence-electron chi connectivity index (χ2n) is 7.65. The minimum Gasteiger partial charge on any atom is -0.339 e. The van der Waals surface area contributed by atoms with E-state index >= 15 is 0 Å². The maximum atomic E-state index is 12.5. The van der Waals surface area contributed by atoms with Gasteiger partial charge in [0.25, 0.3) is 5.91 Å². The molecule has 2 amide bonds. The predicted octanol–water partition coefficient (Wildman–Crippen LogP) is 4.48. The summed E-state index contributed by atoms with van der Waals surface area (Å²) in [4.78, 5) is 27.9. The van der Waals surface area contributed by atoms with Gasteiger partial charge in [0.1, 0.15) is 5.82 Å². The number of hydrogen-bond acceptors (Lipinski definition) is 6. The summed E-state index contributed by atoms with van der Waals surface area (Å²) in [6.07, 6.45) is 3.04. The Morgan fingerprint density at radius 3 is 2.53 bits per heavy atom. The molecule has 0 atom stereocenters. The molecule has 168 valence electrons. The van der Waals surface area contributed by atoms with Crippen molar-refractivity contribution in [2.45, 2.75) is 44.3 Å². The summed E-state index contributed by atoms with van der Waals surface area (Å²) in [6.45, 7) is 5.27. The monoisotopic (exact) mass is 469 g/mol. The van der Waals surface area contributed by atoms with Crippen molar-refractivity contribution in [1.29, 1.82) is 0 Å². The van der Waals surface area contributed by atoms with E-state index in [0.717, 1.165) is 30.2 Å². The molecule has 0 radical (unpaired) electrons. The van der Waals surface area contributed by atoms with Gasteiger partial charge in [-0.25, -0.2) is 0 Å². The van der Waals surface area contributed by atoms with Crippen LogP contribution in [0.2, 0.25) is 0 Å². The van der Waals surface area contributed by atoms with Crippen LogP contribution in [0.4, 0.5) is 5.69 Å². The van der Waals surface area contributed by atoms with Gasteiger partial charge < -0.3 is 14.8 Å². The van der Waals surface area contributed by atoms with Crippen LogP contribution in [-0.2, 0) is 11.2 Å². The molecule has 3 aromatic rings. The van der Waals surface area contributed by atoms with Gasteiger partial charge in [-0.2, -0.15) is 0 Å². The number of carbonyl (C=O) groups excluding carboxylic acids is 2. The van der Waals surface area contributed by atoms with Crippen molar-refractivity contribution in [3.8, 4) is 0 Å². The molecular formula is C23H27N5O2S2. The van der Waals surface area contributed by atoms with E-state index in [0.29, 0.717) is 30.4 Å². The number of amides is 2. The average molecular weight is 470 g/mol. The van der Waals surface area contributed by atoms with E-state index in [2.05, 4.69) is 31.5 Å². The molecule has 2 heterocycles. The van der Waals surface area contributed by atoms with Crippen molar-refractivity contribution < 1.29 is 9.59 Å². The molecule has 32 heavy (non-hydrogen) atoms. The summed E-state index contributed by atoms with van der Waals surface area (Å²) in [5.74, 6) is 1.11. The zero-order valence-electron chi connectivity index (χ0n) is 18.3. The van der Waals surface area contributed by atoms with E-state index in [1.54, 1.807) is 40.5 Å². The highest BCUT2D eigenvalue weighted by Gasteiger charge is 2.30. The second kappa shape index (κ2) is 10.3. The predicted molar refractivity (Wildman–Crippen MR) is 128 cm³/mol. The van der Waals surface area contributed by atoms with Gasteiger partial charge >= 0.3 is 0 Å². The molecule has 1 saturated carbocycles. The molecule has 0 unspecified atom stereocenters. The van der Waals surface area contributed by atoms with Crippen molar-refractivity contribution in [2.24, 2.45) is 0 Å². The Hall–Kier alpha value is -2.65. The minimum absolute atomic E-state index is 0.00111. The lowest BCUT2D eigenvalue weighted by molar-refractivity contribution is -0.113. The highest BCUT2D eigenvalue weighted by atomic mass is 32.2. The van der Waals surface area contributed by atoms with Crippen molar-refractivity contribution in [3.05, 3.63) is 58.0 Å². The second-order valence-corrected chi connectivity index (χ2v) is 9.62. The average Bonchev–Trinajstić information content (AvgIpc) is 3.35. The SMILES string of the molecule is CCN(CC)C(=O)c1ccc(NC(=O)CSc2nnc(Cc3cccs3)n2C2CC2)cc1. The van der Waals surface area contributed by atoms with Crippen LogP contribution in [0.15, 0.2) is 46.9 Å². The fraction of sp³-hybridized carbons (Fsp3) is 0.391. The third-order valence-electron chi connectivity index (χ3n) is 5.36. The van der Waals surface area contributed by atoms with Gasteiger partial charge in [-0.05, 0) is 62.4 Å². The van der Waals surface area contributed by atoms with Gasteiger partial charge in [0, 0.05) is 41.7 Å². The maximum Gasteiger partial charge on any atom is 0.253 e. The number of benzene rings is 1. The lowest BCUT2D eigenvalue weighted by Crippen LogP contribution is -2.30. The molecule has 1 N–H and O–H groups in total. The number of thiophene rings is 1. The van der Waals surface area contributed by atoms with Crippen LogP contribution >= 0.6 is 23.1 Å². The molecule has 1 aliphatic carbocycles. The van der Waals surface area contributed by atoms with Gasteiger partial charge in [0.05, 0.1) is 5.75 Å². The fourth-order valence-corrected chi connectivity index (χ4v) is 5.04. The summed E-state index contributed by atoms with van der Waals surface area (Å²) in [6, 6.07) is 11.6. The third kappa shape index (κ3) is 5.39. The summed E-state index contributed by atoms with van der Waals surface area (Å²) in [5, 5.41) is 14.5. The van der Waals surface area contributed by atoms with Crippen LogP contribution in [0.25, 0.3) is 0 Å². The molecule has 7 nitrogen and oxygen atoms in total. The molecule has 0 saturated heterocycles. The summed E-state index contributed by atoms with van der Waals surface area (Å²) in [7, 11) is 0. The van der Waals surface area contributed by atoms with Crippen LogP contribution in [0, 0.1) is 0 Å². The van der Waals surface area contributed by atoms with E-state index in [4.69, 9.17) is 0 Å². The first-order valence-corrected chi connectivity index (χ1v) is 12.7. The van der Waals surface area contributed by atoms with Crippen molar-refractivity contribution in [2.75, 3.05) is 24.2 Å². The number of rotatable bonds is 10. The first-order chi connectivity index (χ1) is 15.6. The Labute approximate surface area is 196 Å². The number of carbonyl (C=O) groups is 2. The molecular weight excluding hydrogens is 442 g/mol. The third-order valence-corrected chi connectivity index (χ3v) is 7.18. The normalized spacial score (nSPS) is 13.2. The zero-order chi connectivity index (χ0) is 22.5. The molecule has 1 fully saturated rings. The van der Waals surface area contributed by atoms with Crippen LogP contribution in [0.3, 0.4) is 0 Å². The first-order valence-electron chi connectivity index (χ1n) is 10.9. The van der Waals surface area contributed by atoms with Gasteiger partial charge in [-0.1, -0.05) is 17.8 Å². The topological polar surface area (TPSA) is 80.1 Å². The van der Waals surface area contributed by atoms with Gasteiger partial charge in [-0.15, -0.1) is 21.5 Å². The lowest BCUT2D eigenvalue weighted by atomic mass is 10.2. The summed E-state index contributed by atoms with van der Waals surface area (Å²) in [5.41, 5.74) is 1.30. The van der Waals surface area contributed by atoms with Crippen LogP contribution < -0.4 is 5.32 Å².